The Morgan fingerprint density at radius 1 is 0.931 bits per heavy atom. The second-order valence-electron chi connectivity index (χ2n) is 6.93. The number of methoxy groups -OCH3 is 3. The molecule has 2 aromatic carbocycles. The minimum atomic E-state index is -0.169. The number of benzene rings is 2. The molecular formula is C23H21NO5. The van der Waals surface area contributed by atoms with Crippen molar-refractivity contribution in [2.24, 2.45) is 7.05 Å². The van der Waals surface area contributed by atoms with Crippen LogP contribution in [0.15, 0.2) is 46.8 Å². The maximum absolute atomic E-state index is 12.9. The van der Waals surface area contributed by atoms with Gasteiger partial charge in [0.1, 0.15) is 5.75 Å². The normalized spacial score (nSPS) is 14.3. The van der Waals surface area contributed by atoms with Crippen LogP contribution in [0.1, 0.15) is 21.5 Å². The summed E-state index contributed by atoms with van der Waals surface area (Å²) in [6, 6.07) is 10.9. The lowest BCUT2D eigenvalue weighted by atomic mass is 10.1. The van der Waals surface area contributed by atoms with Crippen LogP contribution in [0.5, 0.6) is 17.2 Å². The molecule has 1 heterocycles. The van der Waals surface area contributed by atoms with Crippen LogP contribution in [0.3, 0.4) is 0 Å². The summed E-state index contributed by atoms with van der Waals surface area (Å²) < 4.78 is 17.5. The van der Waals surface area contributed by atoms with E-state index >= 15 is 0 Å². The number of ketones is 1. The molecule has 0 amide bonds. The summed E-state index contributed by atoms with van der Waals surface area (Å²) >= 11 is 0. The molecule has 0 N–H and O–H groups in total. The number of Topliss-reactive ketones (excluding diaryl/α,β-unsaturated/α-hetero) is 1. The van der Waals surface area contributed by atoms with Crippen molar-refractivity contribution in [1.82, 2.24) is 4.57 Å². The van der Waals surface area contributed by atoms with Gasteiger partial charge in [-0.1, -0.05) is 0 Å². The molecule has 1 aromatic heterocycles. The molecule has 0 fully saturated rings. The largest absolute Gasteiger partial charge is 0.497 e. The number of ether oxygens (including phenoxy) is 3. The number of aryl methyl sites for hydroxylation is 1. The van der Waals surface area contributed by atoms with Gasteiger partial charge in [-0.2, -0.15) is 0 Å². The fraction of sp³-hybridized carbons (Fsp3) is 0.217. The van der Waals surface area contributed by atoms with Crippen LogP contribution in [0.4, 0.5) is 0 Å². The highest BCUT2D eigenvalue weighted by Crippen LogP contribution is 2.37. The van der Waals surface area contributed by atoms with E-state index in [9.17, 15) is 9.59 Å². The first-order valence-electron chi connectivity index (χ1n) is 9.14. The van der Waals surface area contributed by atoms with Gasteiger partial charge in [-0.3, -0.25) is 9.59 Å². The Kier molecular flexibility index (Phi) is 4.62. The van der Waals surface area contributed by atoms with Crippen molar-refractivity contribution in [2.45, 2.75) is 6.42 Å². The summed E-state index contributed by atoms with van der Waals surface area (Å²) in [5.41, 5.74) is 3.09. The van der Waals surface area contributed by atoms with Gasteiger partial charge in [-0.05, 0) is 47.4 Å². The van der Waals surface area contributed by atoms with Gasteiger partial charge in [-0.25, -0.2) is 0 Å². The number of allylic oxidation sites excluding steroid dienone is 1. The van der Waals surface area contributed by atoms with Crippen molar-refractivity contribution < 1.29 is 19.0 Å². The SMILES string of the molecule is COc1ccc2cc(C=C3Cc4cc(OC)c(OC)cc4C3=O)c(=O)n(C)c2c1. The van der Waals surface area contributed by atoms with Crippen molar-refractivity contribution in [1.29, 1.82) is 0 Å². The van der Waals surface area contributed by atoms with E-state index in [1.807, 2.05) is 30.3 Å². The molecule has 0 radical (unpaired) electrons. The van der Waals surface area contributed by atoms with Gasteiger partial charge >= 0.3 is 0 Å². The van der Waals surface area contributed by atoms with E-state index in [0.717, 1.165) is 16.5 Å². The van der Waals surface area contributed by atoms with Gasteiger partial charge < -0.3 is 18.8 Å². The predicted octanol–water partition coefficient (Wildman–Crippen LogP) is 3.39. The fourth-order valence-corrected chi connectivity index (χ4v) is 3.74. The average Bonchev–Trinajstić information content (AvgIpc) is 3.04. The molecule has 0 bridgehead atoms. The number of pyridine rings is 1. The van der Waals surface area contributed by atoms with Gasteiger partial charge in [0.15, 0.2) is 17.3 Å². The van der Waals surface area contributed by atoms with Crippen LogP contribution in [0, 0.1) is 0 Å². The van der Waals surface area contributed by atoms with Gasteiger partial charge in [0.05, 0.1) is 26.8 Å². The number of carbonyl (C=O) groups excluding carboxylic acids is 1. The van der Waals surface area contributed by atoms with Crippen LogP contribution >= 0.6 is 0 Å². The molecule has 4 rings (SSSR count). The molecule has 6 nitrogen and oxygen atoms in total. The topological polar surface area (TPSA) is 66.8 Å². The van der Waals surface area contributed by atoms with Crippen molar-refractivity contribution in [3.05, 3.63) is 69.0 Å². The van der Waals surface area contributed by atoms with E-state index in [0.29, 0.717) is 40.4 Å². The third-order valence-electron chi connectivity index (χ3n) is 5.32. The van der Waals surface area contributed by atoms with E-state index < -0.39 is 0 Å². The smallest absolute Gasteiger partial charge is 0.258 e. The highest BCUT2D eigenvalue weighted by atomic mass is 16.5. The van der Waals surface area contributed by atoms with Crippen LogP contribution in [-0.4, -0.2) is 31.7 Å². The third-order valence-corrected chi connectivity index (χ3v) is 5.32. The Bertz CT molecular complexity index is 1240. The van der Waals surface area contributed by atoms with Crippen LogP contribution < -0.4 is 19.8 Å². The number of aromatic nitrogens is 1. The Labute approximate surface area is 167 Å². The second kappa shape index (κ2) is 7.13. The first kappa shape index (κ1) is 18.8. The number of rotatable bonds is 4. The molecule has 6 heteroatoms. The Morgan fingerprint density at radius 3 is 2.34 bits per heavy atom. The quantitative estimate of drug-likeness (QED) is 0.638. The maximum atomic E-state index is 12.9. The number of hydrogen-bond acceptors (Lipinski definition) is 5. The molecule has 148 valence electrons. The first-order chi connectivity index (χ1) is 14.0. The van der Waals surface area contributed by atoms with E-state index in [1.54, 1.807) is 38.0 Å². The van der Waals surface area contributed by atoms with Crippen molar-refractivity contribution in [3.63, 3.8) is 0 Å². The lowest BCUT2D eigenvalue weighted by Crippen LogP contribution is -2.19. The monoisotopic (exact) mass is 391 g/mol. The van der Waals surface area contributed by atoms with Crippen molar-refractivity contribution in [3.8, 4) is 17.2 Å². The third kappa shape index (κ3) is 3.06. The van der Waals surface area contributed by atoms with E-state index in [-0.39, 0.29) is 11.3 Å². The van der Waals surface area contributed by atoms with Gasteiger partial charge in [0.2, 0.25) is 0 Å². The number of fused-ring (bicyclic) bond motifs is 2. The summed E-state index contributed by atoms with van der Waals surface area (Å²) in [7, 11) is 6.40. The van der Waals surface area contributed by atoms with Crippen molar-refractivity contribution in [2.75, 3.05) is 21.3 Å². The molecule has 1 aliphatic carbocycles. The average molecular weight is 391 g/mol. The highest BCUT2D eigenvalue weighted by molar-refractivity contribution is 6.16. The Hall–Kier alpha value is -3.54. The fourth-order valence-electron chi connectivity index (χ4n) is 3.74. The molecule has 0 spiro atoms. The molecule has 0 unspecified atom stereocenters. The summed E-state index contributed by atoms with van der Waals surface area (Å²) in [5, 5.41) is 0.894. The van der Waals surface area contributed by atoms with E-state index in [4.69, 9.17) is 14.2 Å². The zero-order chi connectivity index (χ0) is 20.7. The molecule has 29 heavy (non-hydrogen) atoms. The summed E-state index contributed by atoms with van der Waals surface area (Å²) in [5.74, 6) is 1.67. The summed E-state index contributed by atoms with van der Waals surface area (Å²) in [6.07, 6.45) is 2.13. The Balaban J connectivity index is 1.80. The number of hydrogen-bond donors (Lipinski definition) is 0. The van der Waals surface area contributed by atoms with Gasteiger partial charge in [0.25, 0.3) is 5.56 Å². The summed E-state index contributed by atoms with van der Waals surface area (Å²) in [6.45, 7) is 0. The molecule has 1 aliphatic rings. The predicted molar refractivity (Wildman–Crippen MR) is 111 cm³/mol. The summed E-state index contributed by atoms with van der Waals surface area (Å²) in [4.78, 5) is 25.8. The van der Waals surface area contributed by atoms with Crippen LogP contribution in [-0.2, 0) is 13.5 Å². The lowest BCUT2D eigenvalue weighted by Gasteiger charge is -2.09. The zero-order valence-corrected chi connectivity index (χ0v) is 16.7. The van der Waals surface area contributed by atoms with Crippen LogP contribution in [0.25, 0.3) is 17.0 Å². The van der Waals surface area contributed by atoms with Crippen molar-refractivity contribution >= 4 is 22.8 Å². The first-order valence-corrected chi connectivity index (χ1v) is 9.14. The molecule has 0 saturated heterocycles. The Morgan fingerprint density at radius 2 is 1.66 bits per heavy atom. The van der Waals surface area contributed by atoms with E-state index in [2.05, 4.69) is 0 Å². The highest BCUT2D eigenvalue weighted by Gasteiger charge is 2.27. The van der Waals surface area contributed by atoms with Gasteiger partial charge in [0, 0.05) is 36.2 Å². The van der Waals surface area contributed by atoms with E-state index in [1.165, 1.54) is 7.11 Å². The molecule has 3 aromatic rings. The number of carbonyl (C=O) groups is 1. The minimum Gasteiger partial charge on any atom is -0.497 e. The molecule has 0 aliphatic heterocycles. The number of nitrogens with zero attached hydrogens (tertiary/aromatic N) is 1. The molecular weight excluding hydrogens is 370 g/mol. The lowest BCUT2D eigenvalue weighted by molar-refractivity contribution is 0.104. The molecule has 0 saturated carbocycles. The van der Waals surface area contributed by atoms with Gasteiger partial charge in [-0.15, -0.1) is 0 Å². The van der Waals surface area contributed by atoms with Crippen LogP contribution in [0.2, 0.25) is 0 Å². The minimum absolute atomic E-state index is 0.0992. The maximum Gasteiger partial charge on any atom is 0.258 e. The molecule has 0 atom stereocenters. The standard InChI is InChI=1S/C23H21NO5/c1-24-19-11-17(27-2)6-5-13(19)7-16(23(24)26)9-15-8-14-10-20(28-3)21(29-4)12-18(14)22(15)25/h5-7,9-12H,8H2,1-4H3. The zero-order valence-electron chi connectivity index (χ0n) is 16.7. The second-order valence-corrected chi connectivity index (χ2v) is 6.93.